The van der Waals surface area contributed by atoms with Gasteiger partial charge in [0.1, 0.15) is 0 Å². The summed E-state index contributed by atoms with van der Waals surface area (Å²) in [5.41, 5.74) is 1.95. The molecule has 0 aromatic rings. The maximum absolute atomic E-state index is 2.50. The lowest BCUT2D eigenvalue weighted by molar-refractivity contribution is -0.164. The fraction of sp³-hybridized carbons (Fsp3) is 0.947. The van der Waals surface area contributed by atoms with Crippen molar-refractivity contribution >= 4 is 0 Å². The largest absolute Gasteiger partial charge is 0.0622 e. The van der Waals surface area contributed by atoms with E-state index in [0.29, 0.717) is 16.2 Å². The molecule has 0 unspecified atom stereocenters. The first-order valence-electron chi connectivity index (χ1n) is 8.57. The van der Waals surface area contributed by atoms with Crippen LogP contribution in [0.5, 0.6) is 0 Å². The molecule has 0 aliphatic heterocycles. The quantitative estimate of drug-likeness (QED) is 0.596. The van der Waals surface area contributed by atoms with Crippen molar-refractivity contribution in [1.29, 1.82) is 0 Å². The van der Waals surface area contributed by atoms with E-state index in [9.17, 15) is 0 Å². The molecule has 19 heavy (non-hydrogen) atoms. The summed E-state index contributed by atoms with van der Waals surface area (Å²) in [7, 11) is 0. The van der Waals surface area contributed by atoms with Gasteiger partial charge in [-0.15, -0.1) is 0 Å². The Bertz CT molecular complexity index is 297. The molecule has 1 radical (unpaired) electrons. The third-order valence-corrected chi connectivity index (χ3v) is 7.59. The maximum atomic E-state index is 2.50. The number of rotatable bonds is 3. The molecular formula is C19H33. The fourth-order valence-corrected chi connectivity index (χ4v) is 6.18. The maximum Gasteiger partial charge on any atom is -0.0224 e. The van der Waals surface area contributed by atoms with E-state index >= 15 is 0 Å². The van der Waals surface area contributed by atoms with Crippen molar-refractivity contribution in [3.8, 4) is 0 Å². The molecule has 4 rings (SSSR count). The molecule has 109 valence electrons. The van der Waals surface area contributed by atoms with E-state index in [2.05, 4.69) is 41.5 Å². The van der Waals surface area contributed by atoms with Crippen LogP contribution in [0.1, 0.15) is 80.1 Å². The van der Waals surface area contributed by atoms with Gasteiger partial charge < -0.3 is 0 Å². The molecule has 0 heterocycles. The summed E-state index contributed by atoms with van der Waals surface area (Å²) in [5, 5.41) is 0. The van der Waals surface area contributed by atoms with Crippen molar-refractivity contribution < 1.29 is 0 Å². The Balaban J connectivity index is 2.06. The van der Waals surface area contributed by atoms with Gasteiger partial charge in [-0.05, 0) is 78.4 Å². The third kappa shape index (κ3) is 1.77. The molecule has 0 saturated heterocycles. The van der Waals surface area contributed by atoms with E-state index < -0.39 is 0 Å². The number of hydrogen-bond donors (Lipinski definition) is 0. The minimum Gasteiger partial charge on any atom is -0.0622 e. The van der Waals surface area contributed by atoms with Crippen LogP contribution >= 0.6 is 0 Å². The van der Waals surface area contributed by atoms with E-state index in [0.717, 1.165) is 17.8 Å². The Hall–Kier alpha value is 0. The van der Waals surface area contributed by atoms with E-state index in [4.69, 9.17) is 0 Å². The molecule has 0 amide bonds. The minimum atomic E-state index is 0.651. The highest BCUT2D eigenvalue weighted by Crippen LogP contribution is 2.75. The highest BCUT2D eigenvalue weighted by molar-refractivity contribution is 5.23. The molecule has 0 aromatic carbocycles. The molecule has 0 aromatic heterocycles. The van der Waals surface area contributed by atoms with E-state index in [-0.39, 0.29) is 0 Å². The van der Waals surface area contributed by atoms with Crippen molar-refractivity contribution in [3.05, 3.63) is 5.92 Å². The predicted octanol–water partition coefficient (Wildman–Crippen LogP) is 5.87. The summed E-state index contributed by atoms with van der Waals surface area (Å²) < 4.78 is 0. The van der Waals surface area contributed by atoms with Crippen molar-refractivity contribution in [1.82, 2.24) is 0 Å². The first-order valence-corrected chi connectivity index (χ1v) is 8.57. The zero-order valence-electron chi connectivity index (χ0n) is 14.0. The van der Waals surface area contributed by atoms with Crippen LogP contribution in [-0.2, 0) is 0 Å². The lowest BCUT2D eigenvalue weighted by atomic mass is 9.34. The van der Waals surface area contributed by atoms with E-state index in [1.807, 2.05) is 5.92 Å². The first kappa shape index (κ1) is 14.0. The lowest BCUT2D eigenvalue weighted by Crippen LogP contribution is -2.60. The summed E-state index contributed by atoms with van der Waals surface area (Å²) in [5.74, 6) is 4.53. The van der Waals surface area contributed by atoms with Gasteiger partial charge in [0, 0.05) is 0 Å². The van der Waals surface area contributed by atoms with E-state index in [1.54, 1.807) is 0 Å². The summed E-state index contributed by atoms with van der Waals surface area (Å²) in [4.78, 5) is 0. The number of hydrogen-bond acceptors (Lipinski definition) is 0. The minimum absolute atomic E-state index is 0.651. The van der Waals surface area contributed by atoms with Crippen LogP contribution in [0.3, 0.4) is 0 Å². The normalized spacial score (nSPS) is 45.9. The first-order chi connectivity index (χ1) is 8.74. The van der Waals surface area contributed by atoms with Crippen molar-refractivity contribution in [2.75, 3.05) is 0 Å². The van der Waals surface area contributed by atoms with Crippen LogP contribution < -0.4 is 0 Å². The molecule has 4 saturated carbocycles. The van der Waals surface area contributed by atoms with Gasteiger partial charge in [0.2, 0.25) is 0 Å². The van der Waals surface area contributed by atoms with Gasteiger partial charge in [-0.25, -0.2) is 0 Å². The van der Waals surface area contributed by atoms with Crippen LogP contribution in [0.25, 0.3) is 0 Å². The Morgan fingerprint density at radius 3 is 1.05 bits per heavy atom. The second-order valence-corrected chi connectivity index (χ2v) is 9.36. The van der Waals surface area contributed by atoms with Crippen LogP contribution in [0, 0.1) is 39.9 Å². The van der Waals surface area contributed by atoms with Crippen molar-refractivity contribution in [2.45, 2.75) is 80.1 Å². The van der Waals surface area contributed by atoms with Gasteiger partial charge in [0.25, 0.3) is 0 Å². The molecule has 0 atom stereocenters. The van der Waals surface area contributed by atoms with Crippen LogP contribution in [0.4, 0.5) is 0 Å². The van der Waals surface area contributed by atoms with Crippen LogP contribution in [-0.4, -0.2) is 0 Å². The van der Waals surface area contributed by atoms with Gasteiger partial charge in [0.15, 0.2) is 0 Å². The zero-order valence-corrected chi connectivity index (χ0v) is 14.0. The molecule has 4 aliphatic carbocycles. The van der Waals surface area contributed by atoms with Crippen molar-refractivity contribution in [2.24, 2.45) is 34.0 Å². The molecule has 0 nitrogen and oxygen atoms in total. The van der Waals surface area contributed by atoms with Gasteiger partial charge in [-0.3, -0.25) is 0 Å². The Morgan fingerprint density at radius 1 is 0.579 bits per heavy atom. The Labute approximate surface area is 120 Å². The molecule has 4 aliphatic rings. The third-order valence-electron chi connectivity index (χ3n) is 7.59. The van der Waals surface area contributed by atoms with Gasteiger partial charge in [-0.2, -0.15) is 0 Å². The zero-order chi connectivity index (χ0) is 14.1. The van der Waals surface area contributed by atoms with Gasteiger partial charge in [0.05, 0.1) is 0 Å². The monoisotopic (exact) mass is 261 g/mol. The van der Waals surface area contributed by atoms with Crippen molar-refractivity contribution in [3.63, 3.8) is 0 Å². The standard InChI is InChI=1S/C19H33/c1-13(2)17-7-16-8-18(10-17,14(3)4)12-19(9-16,11-17)15(5)6/h13-15H,7-12H2,1-6H3. The van der Waals surface area contributed by atoms with Gasteiger partial charge in [-0.1, -0.05) is 41.5 Å². The highest BCUT2D eigenvalue weighted by atomic mass is 14.7. The molecule has 0 spiro atoms. The predicted molar refractivity (Wildman–Crippen MR) is 82.8 cm³/mol. The smallest absolute Gasteiger partial charge is 0.0224 e. The average molecular weight is 261 g/mol. The average Bonchev–Trinajstić information content (AvgIpc) is 2.26. The van der Waals surface area contributed by atoms with Crippen LogP contribution in [0.15, 0.2) is 0 Å². The fourth-order valence-electron chi connectivity index (χ4n) is 6.18. The summed E-state index contributed by atoms with van der Waals surface area (Å²) in [6, 6.07) is 0. The topological polar surface area (TPSA) is 0 Å². The van der Waals surface area contributed by atoms with E-state index in [1.165, 1.54) is 38.5 Å². The second kappa shape index (κ2) is 4.01. The molecular weight excluding hydrogens is 228 g/mol. The second-order valence-electron chi connectivity index (χ2n) is 9.36. The summed E-state index contributed by atoms with van der Waals surface area (Å²) in [6.45, 7) is 15.0. The Kier molecular flexibility index (Phi) is 2.95. The highest BCUT2D eigenvalue weighted by Gasteiger charge is 2.65. The Morgan fingerprint density at radius 2 is 0.842 bits per heavy atom. The SMILES string of the molecule is CC(C)C12C[C]3CC(C(C)C)(C1)CC(C(C)C)(C3)C2. The summed E-state index contributed by atoms with van der Waals surface area (Å²) >= 11 is 0. The molecule has 4 bridgehead atoms. The van der Waals surface area contributed by atoms with Gasteiger partial charge >= 0.3 is 0 Å². The van der Waals surface area contributed by atoms with Crippen LogP contribution in [0.2, 0.25) is 0 Å². The summed E-state index contributed by atoms with van der Waals surface area (Å²) in [6.07, 6.45) is 8.96. The molecule has 0 heteroatoms. The molecule has 0 N–H and O–H groups in total. The molecule has 4 fully saturated rings. The lowest BCUT2D eigenvalue weighted by Gasteiger charge is -2.70.